The van der Waals surface area contributed by atoms with E-state index in [4.69, 9.17) is 0 Å². The minimum atomic E-state index is -0.300. The molecule has 4 amide bonds. The van der Waals surface area contributed by atoms with Crippen molar-refractivity contribution in [3.63, 3.8) is 0 Å². The molecule has 56 heavy (non-hydrogen) atoms. The molecule has 0 fully saturated rings. The molecule has 0 N–H and O–H groups in total. The molecular weight excluding hydrogens is 697 g/mol. The van der Waals surface area contributed by atoms with Crippen LogP contribution >= 0.6 is 0 Å². The van der Waals surface area contributed by atoms with E-state index in [2.05, 4.69) is 118 Å². The van der Waals surface area contributed by atoms with Gasteiger partial charge in [-0.05, 0) is 116 Å². The first-order valence-electron chi connectivity index (χ1n) is 17.9. The van der Waals surface area contributed by atoms with Crippen LogP contribution < -0.4 is 10.9 Å². The highest BCUT2D eigenvalue weighted by Crippen LogP contribution is 2.37. The molecule has 2 radical (unpaired) electrons. The zero-order chi connectivity index (χ0) is 38.5. The van der Waals surface area contributed by atoms with Crippen molar-refractivity contribution in [2.24, 2.45) is 10.2 Å². The van der Waals surface area contributed by atoms with Crippen molar-refractivity contribution in [1.82, 2.24) is 30.9 Å². The summed E-state index contributed by atoms with van der Waals surface area (Å²) in [4.78, 5) is 24.2. The smallest absolute Gasteiger partial charge is 0.244 e. The van der Waals surface area contributed by atoms with Gasteiger partial charge in [0.2, 0.25) is 0 Å². The van der Waals surface area contributed by atoms with Crippen molar-refractivity contribution >= 4 is 66.8 Å². The standard InChI is InChI=1S/C46H32N8O2/c1-51-45(55)52(2)48-43(47-51)31-19-13-29(14-20-31)17-23-37-39-25-33-9-5-7-11-35(33)27-41(39)38(42-28-36-12-8-6-10-34(36)26-40(37)42)24-18-30-15-21-32(22-16-30)44-49-53(3)46(56)54(4)50-44/h5-16,19-22,25-28H,1-4H3. The first kappa shape index (κ1) is 34.0. The number of urea groups is 2. The predicted octanol–water partition coefficient (Wildman–Crippen LogP) is 7.46. The van der Waals surface area contributed by atoms with E-state index >= 15 is 0 Å². The second kappa shape index (κ2) is 13.5. The maximum atomic E-state index is 12.1. The summed E-state index contributed by atoms with van der Waals surface area (Å²) in [7, 11) is 6.43. The Morgan fingerprint density at radius 2 is 0.732 bits per heavy atom. The molecule has 0 atom stereocenters. The Labute approximate surface area is 323 Å². The Hall–Kier alpha value is -7.82. The molecule has 268 valence electrons. The van der Waals surface area contributed by atoms with Crippen LogP contribution in [-0.2, 0) is 0 Å². The molecule has 2 aliphatic heterocycles. The van der Waals surface area contributed by atoms with Gasteiger partial charge in [-0.2, -0.15) is 0 Å². The summed E-state index contributed by atoms with van der Waals surface area (Å²) in [6, 6.07) is 40.4. The Bertz CT molecular complexity index is 2680. The molecular formula is C46H32N8O2. The van der Waals surface area contributed by atoms with Gasteiger partial charge in [0.1, 0.15) is 0 Å². The first-order chi connectivity index (χ1) is 27.2. The molecule has 7 aromatic carbocycles. The first-order valence-corrected chi connectivity index (χ1v) is 17.9. The van der Waals surface area contributed by atoms with Crippen LogP contribution in [0.15, 0.2) is 132 Å². The van der Waals surface area contributed by atoms with Crippen LogP contribution in [0, 0.1) is 23.7 Å². The maximum absolute atomic E-state index is 12.1. The van der Waals surface area contributed by atoms with Crippen LogP contribution in [-0.4, -0.2) is 72.0 Å². The molecule has 0 saturated carbocycles. The lowest BCUT2D eigenvalue weighted by Gasteiger charge is -2.26. The lowest BCUT2D eigenvalue weighted by molar-refractivity contribution is 0.155. The third kappa shape index (κ3) is 6.11. The molecule has 10 nitrogen and oxygen atoms in total. The van der Waals surface area contributed by atoms with Crippen LogP contribution in [0.1, 0.15) is 33.4 Å². The second-order valence-corrected chi connectivity index (χ2v) is 13.6. The molecule has 0 unspecified atom stereocenters. The van der Waals surface area contributed by atoms with E-state index < -0.39 is 0 Å². The van der Waals surface area contributed by atoms with Gasteiger partial charge < -0.3 is 0 Å². The number of amides is 4. The van der Waals surface area contributed by atoms with Gasteiger partial charge in [-0.25, -0.2) is 29.6 Å². The minimum Gasteiger partial charge on any atom is -0.244 e. The molecule has 0 aliphatic carbocycles. The van der Waals surface area contributed by atoms with Gasteiger partial charge in [-0.15, -0.1) is 21.1 Å². The lowest BCUT2D eigenvalue weighted by Crippen LogP contribution is -2.48. The monoisotopic (exact) mass is 728 g/mol. The Morgan fingerprint density at radius 1 is 0.411 bits per heavy atom. The number of hydrazone groups is 2. The van der Waals surface area contributed by atoms with Crippen LogP contribution in [0.25, 0.3) is 43.1 Å². The van der Waals surface area contributed by atoms with Gasteiger partial charge in [0.05, 0.1) is 0 Å². The van der Waals surface area contributed by atoms with Crippen molar-refractivity contribution in [2.45, 2.75) is 0 Å². The zero-order valence-electron chi connectivity index (χ0n) is 30.9. The molecule has 0 aromatic heterocycles. The summed E-state index contributed by atoms with van der Waals surface area (Å²) in [5, 5.41) is 22.3. The Morgan fingerprint density at radius 3 is 1.04 bits per heavy atom. The van der Waals surface area contributed by atoms with Gasteiger partial charge in [0.25, 0.3) is 0 Å². The van der Waals surface area contributed by atoms with E-state index in [9.17, 15) is 9.59 Å². The van der Waals surface area contributed by atoms with E-state index in [0.29, 0.717) is 11.7 Å². The summed E-state index contributed by atoms with van der Waals surface area (Å²) in [5.41, 5.74) is 13.7. The number of carbonyl (C=O) groups excluding carboxylic acids is 2. The topological polar surface area (TPSA) is 100 Å². The largest absolute Gasteiger partial charge is 0.360 e. The van der Waals surface area contributed by atoms with Crippen molar-refractivity contribution in [1.29, 1.82) is 0 Å². The number of amidine groups is 2. The Kier molecular flexibility index (Phi) is 8.22. The molecule has 10 heteroatoms. The normalized spacial score (nSPS) is 14.2. The van der Waals surface area contributed by atoms with E-state index in [1.807, 2.05) is 48.5 Å². The molecule has 0 bridgehead atoms. The molecule has 7 aromatic rings. The number of carbonyl (C=O) groups is 2. The van der Waals surface area contributed by atoms with Gasteiger partial charge in [-0.3, -0.25) is 0 Å². The van der Waals surface area contributed by atoms with Crippen molar-refractivity contribution in [3.05, 3.63) is 155 Å². The maximum Gasteiger partial charge on any atom is 0.360 e. The average Bonchev–Trinajstić information content (AvgIpc) is 3.22. The third-order valence-electron chi connectivity index (χ3n) is 9.89. The van der Waals surface area contributed by atoms with Gasteiger partial charge in [0.15, 0.2) is 11.7 Å². The van der Waals surface area contributed by atoms with Crippen molar-refractivity contribution in [3.8, 4) is 23.7 Å². The summed E-state index contributed by atoms with van der Waals surface area (Å²) in [6.45, 7) is 0. The molecule has 0 spiro atoms. The fourth-order valence-corrected chi connectivity index (χ4v) is 6.97. The predicted molar refractivity (Wildman–Crippen MR) is 220 cm³/mol. The fraction of sp³-hybridized carbons (Fsp3) is 0.0870. The molecule has 0 saturated heterocycles. The summed E-state index contributed by atoms with van der Waals surface area (Å²) < 4.78 is 0. The van der Waals surface area contributed by atoms with Crippen LogP contribution in [0.2, 0.25) is 0 Å². The number of hydrogen-bond donors (Lipinski definition) is 0. The Balaban J connectivity index is 1.19. The van der Waals surface area contributed by atoms with Crippen LogP contribution in [0.4, 0.5) is 9.59 Å². The van der Waals surface area contributed by atoms with E-state index in [0.717, 1.165) is 76.5 Å². The number of fused-ring (bicyclic) bond motifs is 4. The van der Waals surface area contributed by atoms with Crippen LogP contribution in [0.3, 0.4) is 0 Å². The van der Waals surface area contributed by atoms with Crippen molar-refractivity contribution < 1.29 is 9.59 Å². The van der Waals surface area contributed by atoms with E-state index in [1.54, 1.807) is 28.2 Å². The number of nitrogens with zero attached hydrogens (tertiary/aromatic N) is 8. The van der Waals surface area contributed by atoms with E-state index in [-0.39, 0.29) is 12.1 Å². The fourth-order valence-electron chi connectivity index (χ4n) is 6.97. The quantitative estimate of drug-likeness (QED) is 0.136. The number of rotatable bonds is 2. The number of hydrogen-bond acceptors (Lipinski definition) is 4. The third-order valence-corrected chi connectivity index (χ3v) is 9.89. The summed E-state index contributed by atoms with van der Waals surface area (Å²) in [6.07, 6.45) is 0. The minimum absolute atomic E-state index is 0.300. The van der Waals surface area contributed by atoms with E-state index in [1.165, 1.54) is 20.0 Å². The van der Waals surface area contributed by atoms with Gasteiger partial charge in [0, 0.05) is 61.6 Å². The zero-order valence-corrected chi connectivity index (χ0v) is 30.9. The second-order valence-electron chi connectivity index (χ2n) is 13.6. The molecule has 2 heterocycles. The molecule has 2 aliphatic rings. The summed E-state index contributed by atoms with van der Waals surface area (Å²) in [5.74, 6) is 14.9. The highest BCUT2D eigenvalue weighted by Gasteiger charge is 2.25. The van der Waals surface area contributed by atoms with Crippen molar-refractivity contribution in [2.75, 3.05) is 28.2 Å². The van der Waals surface area contributed by atoms with Crippen LogP contribution in [0.5, 0.6) is 0 Å². The number of benzene rings is 7. The van der Waals surface area contributed by atoms with Gasteiger partial charge in [-0.1, -0.05) is 72.2 Å². The van der Waals surface area contributed by atoms with Gasteiger partial charge >= 0.3 is 12.1 Å². The average molecular weight is 729 g/mol. The highest BCUT2D eigenvalue weighted by molar-refractivity contribution is 6.16. The highest BCUT2D eigenvalue weighted by atomic mass is 16.2. The lowest BCUT2D eigenvalue weighted by atomic mass is 9.88. The summed E-state index contributed by atoms with van der Waals surface area (Å²) >= 11 is 0. The SMILES string of the molecule is CN1[N]C(c2ccc(C#Cc3c4cc5ccccc5cc4c(C#Cc4ccc(C5=NN(C)C(=O)N(C)[N]5)cc4)c4cc5ccccc5cc34)cc2)=NN(C)C1=O. The molecule has 9 rings (SSSR count).